The van der Waals surface area contributed by atoms with Crippen molar-refractivity contribution in [3.8, 4) is 0 Å². The lowest BCUT2D eigenvalue weighted by atomic mass is 10.1. The van der Waals surface area contributed by atoms with Gasteiger partial charge in [0.1, 0.15) is 6.54 Å². The fraction of sp³-hybridized carbons (Fsp3) is 0.190. The van der Waals surface area contributed by atoms with Crippen molar-refractivity contribution in [1.29, 1.82) is 0 Å². The first-order valence-electron chi connectivity index (χ1n) is 8.91. The van der Waals surface area contributed by atoms with Gasteiger partial charge in [-0.25, -0.2) is 0 Å². The van der Waals surface area contributed by atoms with Crippen molar-refractivity contribution in [3.63, 3.8) is 0 Å². The van der Waals surface area contributed by atoms with E-state index >= 15 is 0 Å². The summed E-state index contributed by atoms with van der Waals surface area (Å²) >= 11 is 0. The SMILES string of the molecule is O=C1CN(C(=O)C=Cc2ccc(N3CCCC3=O)cc2)c2ccccc2N1. The molecule has 3 amide bonds. The van der Waals surface area contributed by atoms with E-state index in [2.05, 4.69) is 5.32 Å². The van der Waals surface area contributed by atoms with Crippen LogP contribution in [-0.2, 0) is 14.4 Å². The molecule has 0 aliphatic carbocycles. The van der Waals surface area contributed by atoms with Crippen LogP contribution < -0.4 is 15.1 Å². The fourth-order valence-electron chi connectivity index (χ4n) is 3.37. The van der Waals surface area contributed by atoms with Crippen molar-refractivity contribution in [3.05, 3.63) is 60.2 Å². The van der Waals surface area contributed by atoms with E-state index in [0.717, 1.165) is 24.2 Å². The predicted octanol–water partition coefficient (Wildman–Crippen LogP) is 2.81. The van der Waals surface area contributed by atoms with Crippen LogP contribution in [-0.4, -0.2) is 30.8 Å². The van der Waals surface area contributed by atoms with Crippen LogP contribution in [0.25, 0.3) is 6.08 Å². The summed E-state index contributed by atoms with van der Waals surface area (Å²) in [5.74, 6) is -0.318. The maximum atomic E-state index is 12.6. The Hall–Kier alpha value is -3.41. The highest BCUT2D eigenvalue weighted by Gasteiger charge is 2.25. The Morgan fingerprint density at radius 2 is 1.81 bits per heavy atom. The normalized spacial score (nSPS) is 16.6. The van der Waals surface area contributed by atoms with Gasteiger partial charge in [-0.1, -0.05) is 24.3 Å². The second kappa shape index (κ2) is 7.07. The van der Waals surface area contributed by atoms with Crippen molar-refractivity contribution in [2.24, 2.45) is 0 Å². The molecule has 2 aromatic rings. The first-order valence-corrected chi connectivity index (χ1v) is 8.91. The van der Waals surface area contributed by atoms with Crippen LogP contribution in [0.2, 0.25) is 0 Å². The molecule has 2 aliphatic heterocycles. The Balaban J connectivity index is 1.49. The van der Waals surface area contributed by atoms with Gasteiger partial charge in [0.2, 0.25) is 11.8 Å². The summed E-state index contributed by atoms with van der Waals surface area (Å²) < 4.78 is 0. The number of nitrogens with one attached hydrogen (secondary N) is 1. The third-order valence-electron chi connectivity index (χ3n) is 4.73. The molecule has 6 heteroatoms. The zero-order chi connectivity index (χ0) is 18.8. The zero-order valence-corrected chi connectivity index (χ0v) is 14.7. The van der Waals surface area contributed by atoms with Crippen molar-refractivity contribution in [1.82, 2.24) is 0 Å². The van der Waals surface area contributed by atoms with Gasteiger partial charge < -0.3 is 10.2 Å². The zero-order valence-electron chi connectivity index (χ0n) is 14.7. The molecule has 1 N–H and O–H groups in total. The van der Waals surface area contributed by atoms with Gasteiger partial charge in [0.15, 0.2) is 0 Å². The number of anilines is 3. The summed E-state index contributed by atoms with van der Waals surface area (Å²) in [4.78, 5) is 39.5. The van der Waals surface area contributed by atoms with E-state index in [-0.39, 0.29) is 24.3 Å². The molecule has 0 unspecified atom stereocenters. The summed E-state index contributed by atoms with van der Waals surface area (Å²) in [7, 11) is 0. The fourth-order valence-corrected chi connectivity index (χ4v) is 3.37. The molecule has 0 saturated carbocycles. The number of nitrogens with zero attached hydrogens (tertiary/aromatic N) is 2. The predicted molar refractivity (Wildman–Crippen MR) is 104 cm³/mol. The lowest BCUT2D eigenvalue weighted by molar-refractivity contribution is -0.119. The minimum absolute atomic E-state index is 0.00377. The molecular weight excluding hydrogens is 342 g/mol. The van der Waals surface area contributed by atoms with Crippen LogP contribution in [0.1, 0.15) is 18.4 Å². The van der Waals surface area contributed by atoms with Crippen LogP contribution in [0.15, 0.2) is 54.6 Å². The first kappa shape index (κ1) is 17.0. The Kier molecular flexibility index (Phi) is 4.46. The molecule has 2 aliphatic rings. The Morgan fingerprint density at radius 3 is 2.56 bits per heavy atom. The molecule has 27 heavy (non-hydrogen) atoms. The lowest BCUT2D eigenvalue weighted by Gasteiger charge is -2.28. The Morgan fingerprint density at radius 1 is 1.04 bits per heavy atom. The maximum absolute atomic E-state index is 12.6. The topological polar surface area (TPSA) is 69.7 Å². The van der Waals surface area contributed by atoms with Gasteiger partial charge in [-0.3, -0.25) is 19.3 Å². The molecule has 0 aromatic heterocycles. The summed E-state index contributed by atoms with van der Waals surface area (Å²) in [5, 5.41) is 2.77. The number of carbonyl (C=O) groups excluding carboxylic acids is 3. The summed E-state index contributed by atoms with van der Waals surface area (Å²) in [6.45, 7) is 0.749. The van der Waals surface area contributed by atoms with Crippen LogP contribution in [0.3, 0.4) is 0 Å². The van der Waals surface area contributed by atoms with Crippen molar-refractivity contribution in [2.75, 3.05) is 28.2 Å². The number of hydrogen-bond acceptors (Lipinski definition) is 3. The van der Waals surface area contributed by atoms with Gasteiger partial charge >= 0.3 is 0 Å². The highest BCUT2D eigenvalue weighted by atomic mass is 16.2. The minimum Gasteiger partial charge on any atom is -0.323 e. The molecule has 0 atom stereocenters. The number of carbonyl (C=O) groups is 3. The largest absolute Gasteiger partial charge is 0.323 e. The Labute approximate surface area is 157 Å². The van der Waals surface area contributed by atoms with Gasteiger partial charge in [-0.05, 0) is 42.3 Å². The van der Waals surface area contributed by atoms with Gasteiger partial charge in [0, 0.05) is 24.7 Å². The van der Waals surface area contributed by atoms with Crippen molar-refractivity contribution in [2.45, 2.75) is 12.8 Å². The number of hydrogen-bond donors (Lipinski definition) is 1. The van der Waals surface area contributed by atoms with Gasteiger partial charge in [-0.15, -0.1) is 0 Å². The van der Waals surface area contributed by atoms with Crippen LogP contribution in [0.5, 0.6) is 0 Å². The molecule has 0 spiro atoms. The third-order valence-corrected chi connectivity index (χ3v) is 4.73. The molecular formula is C21H19N3O3. The third kappa shape index (κ3) is 3.46. The van der Waals surface area contributed by atoms with E-state index < -0.39 is 0 Å². The number of fused-ring (bicyclic) bond motifs is 1. The number of rotatable bonds is 3. The molecule has 0 bridgehead atoms. The maximum Gasteiger partial charge on any atom is 0.251 e. The average Bonchev–Trinajstić information content (AvgIpc) is 3.11. The lowest BCUT2D eigenvalue weighted by Crippen LogP contribution is -2.41. The molecule has 0 radical (unpaired) electrons. The average molecular weight is 361 g/mol. The molecule has 2 heterocycles. The van der Waals surface area contributed by atoms with Crippen molar-refractivity contribution < 1.29 is 14.4 Å². The van der Waals surface area contributed by atoms with Gasteiger partial charge in [0.25, 0.3) is 5.91 Å². The van der Waals surface area contributed by atoms with Crippen molar-refractivity contribution >= 4 is 40.9 Å². The summed E-state index contributed by atoms with van der Waals surface area (Å²) in [6, 6.07) is 14.8. The second-order valence-electron chi connectivity index (χ2n) is 6.56. The first-order chi connectivity index (χ1) is 13.1. The molecule has 1 saturated heterocycles. The van der Waals surface area contributed by atoms with Gasteiger partial charge in [0.05, 0.1) is 11.4 Å². The highest BCUT2D eigenvalue weighted by Crippen LogP contribution is 2.29. The van der Waals surface area contributed by atoms with E-state index in [1.54, 1.807) is 17.0 Å². The highest BCUT2D eigenvalue weighted by molar-refractivity contribution is 6.13. The van der Waals surface area contributed by atoms with E-state index in [4.69, 9.17) is 0 Å². The number of amides is 3. The molecule has 2 aromatic carbocycles. The van der Waals surface area contributed by atoms with E-state index in [1.807, 2.05) is 42.5 Å². The molecule has 4 rings (SSSR count). The van der Waals surface area contributed by atoms with Crippen LogP contribution in [0.4, 0.5) is 17.1 Å². The number of para-hydroxylation sites is 2. The second-order valence-corrected chi connectivity index (χ2v) is 6.56. The van der Waals surface area contributed by atoms with E-state index in [9.17, 15) is 14.4 Å². The molecule has 1 fully saturated rings. The monoisotopic (exact) mass is 361 g/mol. The van der Waals surface area contributed by atoms with Gasteiger partial charge in [-0.2, -0.15) is 0 Å². The van der Waals surface area contributed by atoms with E-state index in [1.165, 1.54) is 11.0 Å². The minimum atomic E-state index is -0.254. The quantitative estimate of drug-likeness (QED) is 0.855. The smallest absolute Gasteiger partial charge is 0.251 e. The summed E-state index contributed by atoms with van der Waals surface area (Å²) in [5.41, 5.74) is 3.06. The standard InChI is InChI=1S/C21H19N3O3/c25-19-14-24(18-5-2-1-4-17(18)22-19)21(27)12-9-15-7-10-16(11-8-15)23-13-3-6-20(23)26/h1-2,4-5,7-12H,3,6,13-14H2,(H,22,25). The molecule has 6 nitrogen and oxygen atoms in total. The van der Waals surface area contributed by atoms with E-state index in [0.29, 0.717) is 17.8 Å². The summed E-state index contributed by atoms with van der Waals surface area (Å²) in [6.07, 6.45) is 4.67. The molecule has 136 valence electrons. The van der Waals surface area contributed by atoms with Crippen LogP contribution >= 0.6 is 0 Å². The van der Waals surface area contributed by atoms with Crippen LogP contribution in [0, 0.1) is 0 Å². The Bertz CT molecular complexity index is 934. The number of benzene rings is 2.